The van der Waals surface area contributed by atoms with Crippen molar-refractivity contribution in [2.45, 2.75) is 13.8 Å². The highest BCUT2D eigenvalue weighted by Crippen LogP contribution is 2.26. The second kappa shape index (κ2) is 4.77. The summed E-state index contributed by atoms with van der Waals surface area (Å²) in [5.74, 6) is 0.319. The number of rotatable bonds is 2. The number of aromatic nitrogens is 3. The lowest BCUT2D eigenvalue weighted by atomic mass is 10.0. The fourth-order valence-electron chi connectivity index (χ4n) is 2.17. The molecular weight excluding hydrogens is 252 g/mol. The van der Waals surface area contributed by atoms with Crippen LogP contribution >= 0.6 is 0 Å². The van der Waals surface area contributed by atoms with Gasteiger partial charge in [-0.2, -0.15) is 0 Å². The van der Waals surface area contributed by atoms with E-state index in [1.54, 1.807) is 6.20 Å². The van der Waals surface area contributed by atoms with E-state index < -0.39 is 0 Å². The van der Waals surface area contributed by atoms with Crippen molar-refractivity contribution in [1.82, 2.24) is 15.0 Å². The Morgan fingerprint density at radius 1 is 1.30 bits per heavy atom. The first-order chi connectivity index (χ1) is 9.63. The molecule has 0 aliphatic heterocycles. The van der Waals surface area contributed by atoms with E-state index in [0.29, 0.717) is 5.95 Å². The summed E-state index contributed by atoms with van der Waals surface area (Å²) < 4.78 is 0. The Morgan fingerprint density at radius 3 is 2.90 bits per heavy atom. The Labute approximate surface area is 116 Å². The number of aryl methyl sites for hydroxylation is 1. The Bertz CT molecular complexity index is 791. The number of benzene rings is 1. The molecule has 5 heteroatoms. The predicted octanol–water partition coefficient (Wildman–Crippen LogP) is 2.89. The van der Waals surface area contributed by atoms with Gasteiger partial charge in [-0.15, -0.1) is 0 Å². The first kappa shape index (κ1) is 12.3. The van der Waals surface area contributed by atoms with Crippen LogP contribution in [-0.4, -0.2) is 20.9 Å². The number of pyridine rings is 1. The monoisotopic (exact) mass is 266 g/mol. The van der Waals surface area contributed by atoms with Gasteiger partial charge in [0.15, 0.2) is 0 Å². The van der Waals surface area contributed by atoms with Gasteiger partial charge in [0.2, 0.25) is 11.9 Å². The highest BCUT2D eigenvalue weighted by molar-refractivity contribution is 5.90. The van der Waals surface area contributed by atoms with Crippen LogP contribution < -0.4 is 5.32 Å². The molecule has 1 aromatic carbocycles. The molecule has 1 amide bonds. The zero-order chi connectivity index (χ0) is 14.1. The largest absolute Gasteiger partial charge is 0.324 e. The van der Waals surface area contributed by atoms with Crippen molar-refractivity contribution in [3.63, 3.8) is 0 Å². The lowest BCUT2D eigenvalue weighted by Crippen LogP contribution is -2.06. The Kier molecular flexibility index (Phi) is 2.95. The van der Waals surface area contributed by atoms with Crippen molar-refractivity contribution < 1.29 is 4.79 Å². The van der Waals surface area contributed by atoms with Gasteiger partial charge in [-0.05, 0) is 36.2 Å². The highest BCUT2D eigenvalue weighted by Gasteiger charge is 2.07. The van der Waals surface area contributed by atoms with Gasteiger partial charge in [-0.1, -0.05) is 6.07 Å². The summed E-state index contributed by atoms with van der Waals surface area (Å²) in [6.07, 6.45) is 3.62. The minimum atomic E-state index is -0.146. The number of imidazole rings is 1. The maximum atomic E-state index is 11.0. The molecule has 0 spiro atoms. The molecule has 0 unspecified atom stereocenters. The lowest BCUT2D eigenvalue weighted by Gasteiger charge is -2.04. The van der Waals surface area contributed by atoms with Crippen molar-refractivity contribution in [2.75, 3.05) is 5.32 Å². The molecule has 100 valence electrons. The molecule has 5 nitrogen and oxygen atoms in total. The molecule has 0 bridgehead atoms. The van der Waals surface area contributed by atoms with Crippen LogP contribution in [0.2, 0.25) is 0 Å². The van der Waals surface area contributed by atoms with Crippen molar-refractivity contribution in [3.8, 4) is 11.1 Å². The summed E-state index contributed by atoms with van der Waals surface area (Å²) in [6.45, 7) is 3.51. The van der Waals surface area contributed by atoms with Crippen LogP contribution in [0.3, 0.4) is 0 Å². The molecule has 0 radical (unpaired) electrons. The van der Waals surface area contributed by atoms with Gasteiger partial charge in [0, 0.05) is 24.9 Å². The molecule has 0 saturated carbocycles. The van der Waals surface area contributed by atoms with E-state index in [0.717, 1.165) is 27.7 Å². The quantitative estimate of drug-likeness (QED) is 0.749. The van der Waals surface area contributed by atoms with E-state index in [9.17, 15) is 4.79 Å². The van der Waals surface area contributed by atoms with E-state index >= 15 is 0 Å². The second-order valence-electron chi connectivity index (χ2n) is 4.69. The number of carbonyl (C=O) groups excluding carboxylic acids is 1. The van der Waals surface area contributed by atoms with Crippen LogP contribution in [-0.2, 0) is 4.79 Å². The molecule has 3 aromatic rings. The number of amides is 1. The van der Waals surface area contributed by atoms with E-state index in [1.165, 1.54) is 6.92 Å². The summed E-state index contributed by atoms with van der Waals surface area (Å²) in [4.78, 5) is 22.6. The average molecular weight is 266 g/mol. The number of anilines is 1. The van der Waals surface area contributed by atoms with E-state index in [-0.39, 0.29) is 5.91 Å². The fourth-order valence-corrected chi connectivity index (χ4v) is 2.17. The summed E-state index contributed by atoms with van der Waals surface area (Å²) in [7, 11) is 0. The van der Waals surface area contributed by atoms with E-state index in [4.69, 9.17) is 0 Å². The summed E-state index contributed by atoms with van der Waals surface area (Å²) in [5.41, 5.74) is 5.01. The first-order valence-electron chi connectivity index (χ1n) is 6.32. The molecule has 2 heterocycles. The van der Waals surface area contributed by atoms with Crippen LogP contribution in [0.1, 0.15) is 12.5 Å². The number of nitrogens with zero attached hydrogens (tertiary/aromatic N) is 2. The molecule has 2 aromatic heterocycles. The summed E-state index contributed by atoms with van der Waals surface area (Å²) >= 11 is 0. The molecule has 0 aliphatic rings. The lowest BCUT2D eigenvalue weighted by molar-refractivity contribution is -0.114. The van der Waals surface area contributed by atoms with Crippen molar-refractivity contribution in [3.05, 3.63) is 42.2 Å². The summed E-state index contributed by atoms with van der Waals surface area (Å²) in [5, 5.41) is 2.65. The maximum absolute atomic E-state index is 11.0. The number of carbonyl (C=O) groups is 1. The number of hydrogen-bond donors (Lipinski definition) is 2. The van der Waals surface area contributed by atoms with Crippen LogP contribution in [0, 0.1) is 6.92 Å². The SMILES string of the molecule is CC(=O)Nc1nc2cc(-c3cnccc3C)ccc2[nH]1. The standard InChI is InChI=1S/C15H14N4O/c1-9-5-6-16-8-12(9)11-3-4-13-14(7-11)19-15(18-13)17-10(2)20/h3-8H,1-2H3,(H2,17,18,19,20). The van der Waals surface area contributed by atoms with Crippen LogP contribution in [0.5, 0.6) is 0 Å². The Balaban J connectivity index is 2.07. The second-order valence-corrected chi connectivity index (χ2v) is 4.69. The molecule has 0 saturated heterocycles. The number of aromatic amines is 1. The Hall–Kier alpha value is -2.69. The molecule has 20 heavy (non-hydrogen) atoms. The van der Waals surface area contributed by atoms with Gasteiger partial charge in [0.1, 0.15) is 0 Å². The first-order valence-corrected chi connectivity index (χ1v) is 6.32. The smallest absolute Gasteiger partial charge is 0.223 e. The van der Waals surface area contributed by atoms with Crippen molar-refractivity contribution in [2.24, 2.45) is 0 Å². The highest BCUT2D eigenvalue weighted by atomic mass is 16.1. The van der Waals surface area contributed by atoms with E-state index in [2.05, 4.69) is 27.2 Å². The number of hydrogen-bond acceptors (Lipinski definition) is 3. The molecular formula is C15H14N4O. The van der Waals surface area contributed by atoms with Crippen molar-refractivity contribution >= 4 is 22.9 Å². The topological polar surface area (TPSA) is 70.7 Å². The minimum absolute atomic E-state index is 0.146. The normalized spacial score (nSPS) is 10.7. The van der Waals surface area contributed by atoms with Crippen LogP contribution in [0.15, 0.2) is 36.7 Å². The van der Waals surface area contributed by atoms with Crippen LogP contribution in [0.4, 0.5) is 5.95 Å². The maximum Gasteiger partial charge on any atom is 0.223 e. The van der Waals surface area contributed by atoms with Gasteiger partial charge in [0.25, 0.3) is 0 Å². The van der Waals surface area contributed by atoms with Gasteiger partial charge in [-0.3, -0.25) is 15.1 Å². The van der Waals surface area contributed by atoms with Gasteiger partial charge < -0.3 is 4.98 Å². The van der Waals surface area contributed by atoms with Gasteiger partial charge >= 0.3 is 0 Å². The molecule has 3 rings (SSSR count). The number of fused-ring (bicyclic) bond motifs is 1. The van der Waals surface area contributed by atoms with Gasteiger partial charge in [-0.25, -0.2) is 4.98 Å². The zero-order valence-electron chi connectivity index (χ0n) is 11.3. The molecule has 0 atom stereocenters. The van der Waals surface area contributed by atoms with Crippen molar-refractivity contribution in [1.29, 1.82) is 0 Å². The van der Waals surface area contributed by atoms with Crippen LogP contribution in [0.25, 0.3) is 22.2 Å². The molecule has 0 fully saturated rings. The minimum Gasteiger partial charge on any atom is -0.324 e. The predicted molar refractivity (Wildman–Crippen MR) is 78.4 cm³/mol. The number of nitrogens with one attached hydrogen (secondary N) is 2. The third-order valence-electron chi connectivity index (χ3n) is 3.13. The zero-order valence-corrected chi connectivity index (χ0v) is 11.3. The number of H-pyrrole nitrogens is 1. The fraction of sp³-hybridized carbons (Fsp3) is 0.133. The summed E-state index contributed by atoms with van der Waals surface area (Å²) in [6, 6.07) is 7.94. The average Bonchev–Trinajstić information content (AvgIpc) is 2.79. The molecule has 0 aliphatic carbocycles. The third kappa shape index (κ3) is 2.25. The van der Waals surface area contributed by atoms with E-state index in [1.807, 2.05) is 30.5 Å². The Morgan fingerprint density at radius 2 is 2.15 bits per heavy atom. The third-order valence-corrected chi connectivity index (χ3v) is 3.13. The molecule has 2 N–H and O–H groups in total. The van der Waals surface area contributed by atoms with Gasteiger partial charge in [0.05, 0.1) is 11.0 Å².